The Morgan fingerprint density at radius 1 is 1.38 bits per heavy atom. The molecule has 3 N–H and O–H groups in total. The predicted molar refractivity (Wildman–Crippen MR) is 77.7 cm³/mol. The Balaban J connectivity index is 2.18. The van der Waals surface area contributed by atoms with Gasteiger partial charge in [-0.05, 0) is 31.6 Å². The van der Waals surface area contributed by atoms with Crippen LogP contribution in [0, 0.1) is 11.3 Å². The molecule has 6 heteroatoms. The number of carboxylic acids is 1. The summed E-state index contributed by atoms with van der Waals surface area (Å²) in [5.41, 5.74) is 5.33. The summed E-state index contributed by atoms with van der Waals surface area (Å²) in [6.45, 7) is 2.82. The Bertz CT molecular complexity index is 404. The van der Waals surface area contributed by atoms with Crippen LogP contribution in [0.25, 0.3) is 0 Å². The van der Waals surface area contributed by atoms with Crippen molar-refractivity contribution in [2.75, 3.05) is 20.2 Å². The van der Waals surface area contributed by atoms with Gasteiger partial charge in [-0.3, -0.25) is 4.79 Å². The Hall–Kier alpha value is -1.14. The molecule has 0 radical (unpaired) electrons. The Labute approximate surface area is 125 Å². The monoisotopic (exact) mass is 298 g/mol. The van der Waals surface area contributed by atoms with Crippen LogP contribution >= 0.6 is 0 Å². The highest BCUT2D eigenvalue weighted by Crippen LogP contribution is 2.41. The first kappa shape index (κ1) is 16.2. The predicted octanol–water partition coefficient (Wildman–Crippen LogP) is 0.842. The lowest BCUT2D eigenvalue weighted by molar-refractivity contribution is -0.154. The number of rotatable bonds is 4. The molecule has 1 saturated carbocycles. The molecule has 2 atom stereocenters. The maximum Gasteiger partial charge on any atom is 0.326 e. The first-order chi connectivity index (χ1) is 9.93. The summed E-state index contributed by atoms with van der Waals surface area (Å²) in [4.78, 5) is 25.9. The molecular weight excluding hydrogens is 272 g/mol. The number of hydrogen-bond acceptors (Lipinski definition) is 4. The third-order valence-corrected chi connectivity index (χ3v) is 5.22. The molecule has 1 aliphatic heterocycles. The number of carbonyl (C=O) groups is 2. The van der Waals surface area contributed by atoms with Crippen molar-refractivity contribution in [3.05, 3.63) is 0 Å². The molecule has 0 aromatic heterocycles. The van der Waals surface area contributed by atoms with E-state index >= 15 is 0 Å². The Morgan fingerprint density at radius 2 is 2.00 bits per heavy atom. The highest BCUT2D eigenvalue weighted by molar-refractivity contribution is 5.88. The number of ether oxygens (including phenoxy) is 1. The Morgan fingerprint density at radius 3 is 2.48 bits per heavy atom. The van der Waals surface area contributed by atoms with Crippen LogP contribution in [0.15, 0.2) is 0 Å². The van der Waals surface area contributed by atoms with E-state index in [1.807, 2.05) is 0 Å². The van der Waals surface area contributed by atoms with Gasteiger partial charge in [-0.15, -0.1) is 0 Å². The zero-order valence-electron chi connectivity index (χ0n) is 12.9. The van der Waals surface area contributed by atoms with E-state index in [1.165, 1.54) is 4.90 Å². The zero-order valence-corrected chi connectivity index (χ0v) is 12.9. The molecule has 2 unspecified atom stereocenters. The van der Waals surface area contributed by atoms with Crippen molar-refractivity contribution in [2.45, 2.75) is 51.2 Å². The van der Waals surface area contributed by atoms with Crippen LogP contribution in [0.3, 0.4) is 0 Å². The highest BCUT2D eigenvalue weighted by atomic mass is 16.5. The number of likely N-dealkylation sites (tertiary alicyclic amines) is 1. The minimum Gasteiger partial charge on any atom is -0.480 e. The highest BCUT2D eigenvalue weighted by Gasteiger charge is 2.48. The van der Waals surface area contributed by atoms with E-state index in [0.29, 0.717) is 25.4 Å². The third-order valence-electron chi connectivity index (χ3n) is 5.22. The first-order valence-corrected chi connectivity index (χ1v) is 7.70. The van der Waals surface area contributed by atoms with Gasteiger partial charge < -0.3 is 20.5 Å². The number of carboxylic acid groups (broad SMARTS) is 1. The van der Waals surface area contributed by atoms with Crippen molar-refractivity contribution in [3.8, 4) is 0 Å². The normalized spacial score (nSPS) is 36.7. The van der Waals surface area contributed by atoms with Crippen molar-refractivity contribution in [3.63, 3.8) is 0 Å². The van der Waals surface area contributed by atoms with E-state index in [2.05, 4.69) is 6.92 Å². The molecule has 0 bridgehead atoms. The molecule has 1 heterocycles. The summed E-state index contributed by atoms with van der Waals surface area (Å²) in [6, 6.07) is -0.787. The second-order valence-electron chi connectivity index (χ2n) is 6.57. The van der Waals surface area contributed by atoms with E-state index in [9.17, 15) is 14.7 Å². The second kappa shape index (κ2) is 6.32. The third kappa shape index (κ3) is 3.06. The van der Waals surface area contributed by atoms with Crippen molar-refractivity contribution >= 4 is 11.9 Å². The van der Waals surface area contributed by atoms with Crippen LogP contribution in [0.2, 0.25) is 0 Å². The van der Waals surface area contributed by atoms with E-state index in [-0.39, 0.29) is 12.0 Å². The Kier molecular flexibility index (Phi) is 4.88. The summed E-state index contributed by atoms with van der Waals surface area (Å²) in [5.74, 6) is -0.443. The fourth-order valence-electron chi connectivity index (χ4n) is 3.55. The summed E-state index contributed by atoms with van der Waals surface area (Å²) in [5, 5.41) is 9.36. The van der Waals surface area contributed by atoms with Crippen molar-refractivity contribution in [1.82, 2.24) is 4.90 Å². The SMILES string of the molecule is COC1CC(C(=O)O)N(C(=O)C2(CN)CCC(C)CC2)C1. The fourth-order valence-corrected chi connectivity index (χ4v) is 3.55. The van der Waals surface area contributed by atoms with Crippen LogP contribution in [-0.2, 0) is 14.3 Å². The smallest absolute Gasteiger partial charge is 0.326 e. The van der Waals surface area contributed by atoms with Gasteiger partial charge in [0.1, 0.15) is 6.04 Å². The first-order valence-electron chi connectivity index (χ1n) is 7.70. The number of hydrogen-bond donors (Lipinski definition) is 2. The summed E-state index contributed by atoms with van der Waals surface area (Å²) < 4.78 is 5.25. The van der Waals surface area contributed by atoms with E-state index in [1.54, 1.807) is 7.11 Å². The van der Waals surface area contributed by atoms with E-state index < -0.39 is 17.4 Å². The van der Waals surface area contributed by atoms with E-state index in [4.69, 9.17) is 10.5 Å². The number of nitrogens with zero attached hydrogens (tertiary/aromatic N) is 1. The molecule has 1 saturated heterocycles. The maximum atomic E-state index is 13.0. The molecular formula is C15H26N2O4. The van der Waals surface area contributed by atoms with E-state index in [0.717, 1.165) is 25.7 Å². The van der Waals surface area contributed by atoms with Crippen LogP contribution in [0.4, 0.5) is 0 Å². The lowest BCUT2D eigenvalue weighted by atomic mass is 9.70. The second-order valence-corrected chi connectivity index (χ2v) is 6.57. The lowest BCUT2D eigenvalue weighted by Crippen LogP contribution is -2.52. The lowest BCUT2D eigenvalue weighted by Gasteiger charge is -2.40. The van der Waals surface area contributed by atoms with Gasteiger partial charge in [0.25, 0.3) is 0 Å². The molecule has 1 aliphatic carbocycles. The molecule has 0 aromatic carbocycles. The largest absolute Gasteiger partial charge is 0.480 e. The van der Waals surface area contributed by atoms with Gasteiger partial charge in [0, 0.05) is 26.6 Å². The number of methoxy groups -OCH3 is 1. The maximum absolute atomic E-state index is 13.0. The molecule has 1 amide bonds. The quantitative estimate of drug-likeness (QED) is 0.802. The molecule has 6 nitrogen and oxygen atoms in total. The minimum absolute atomic E-state index is 0.0937. The number of carbonyl (C=O) groups excluding carboxylic acids is 1. The van der Waals surface area contributed by atoms with Gasteiger partial charge in [-0.25, -0.2) is 4.79 Å². The molecule has 2 fully saturated rings. The standard InChI is InChI=1S/C15H26N2O4/c1-10-3-5-15(9-16,6-4-10)14(20)17-8-11(21-2)7-12(17)13(18)19/h10-12H,3-9,16H2,1-2H3,(H,18,19). The number of amides is 1. The van der Waals surface area contributed by atoms with Gasteiger partial charge in [0.05, 0.1) is 11.5 Å². The molecule has 21 heavy (non-hydrogen) atoms. The van der Waals surface area contributed by atoms with Crippen LogP contribution in [-0.4, -0.2) is 54.2 Å². The average molecular weight is 298 g/mol. The topological polar surface area (TPSA) is 92.9 Å². The van der Waals surface area contributed by atoms with Gasteiger partial charge in [0.15, 0.2) is 0 Å². The fraction of sp³-hybridized carbons (Fsp3) is 0.867. The van der Waals surface area contributed by atoms with Crippen LogP contribution in [0.1, 0.15) is 39.0 Å². The van der Waals surface area contributed by atoms with Gasteiger partial charge in [-0.1, -0.05) is 6.92 Å². The molecule has 2 rings (SSSR count). The molecule has 0 aromatic rings. The van der Waals surface area contributed by atoms with Gasteiger partial charge in [-0.2, -0.15) is 0 Å². The van der Waals surface area contributed by atoms with Crippen molar-refractivity contribution < 1.29 is 19.4 Å². The molecule has 120 valence electrons. The number of nitrogens with two attached hydrogens (primary N) is 1. The number of aliphatic carboxylic acids is 1. The summed E-state index contributed by atoms with van der Waals surface area (Å²) in [7, 11) is 1.55. The van der Waals surface area contributed by atoms with Crippen LogP contribution < -0.4 is 5.73 Å². The van der Waals surface area contributed by atoms with Crippen molar-refractivity contribution in [1.29, 1.82) is 0 Å². The molecule has 2 aliphatic rings. The van der Waals surface area contributed by atoms with Crippen molar-refractivity contribution in [2.24, 2.45) is 17.1 Å². The minimum atomic E-state index is -0.959. The zero-order chi connectivity index (χ0) is 15.6. The molecule has 0 spiro atoms. The van der Waals surface area contributed by atoms with Crippen LogP contribution in [0.5, 0.6) is 0 Å². The van der Waals surface area contributed by atoms with Gasteiger partial charge in [0.2, 0.25) is 5.91 Å². The average Bonchev–Trinajstić information content (AvgIpc) is 2.92. The summed E-state index contributed by atoms with van der Waals surface area (Å²) >= 11 is 0. The van der Waals surface area contributed by atoms with Gasteiger partial charge >= 0.3 is 5.97 Å². The summed E-state index contributed by atoms with van der Waals surface area (Å²) in [6.07, 6.45) is 3.61.